The molecule has 2 heterocycles. The first-order chi connectivity index (χ1) is 15.2. The second kappa shape index (κ2) is 8.90. The molecule has 0 atom stereocenters. The molecule has 2 aromatic heterocycles. The molecule has 2 N–H and O–H groups in total. The molecule has 0 amide bonds. The Hall–Kier alpha value is -1.57. The molecule has 0 unspecified atom stereocenters. The predicted octanol–water partition coefficient (Wildman–Crippen LogP) is 8.63. The van der Waals surface area contributed by atoms with Gasteiger partial charge < -0.3 is 19.0 Å². The Morgan fingerprint density at radius 1 is 0.606 bits per heavy atom. The summed E-state index contributed by atoms with van der Waals surface area (Å²) in [5.74, 6) is -0.574. The van der Waals surface area contributed by atoms with Gasteiger partial charge in [0, 0.05) is 26.5 Å². The molecule has 0 spiro atoms. The normalized spacial score (nSPS) is 11.3. The van der Waals surface area contributed by atoms with Crippen LogP contribution < -0.4 is 0 Å². The van der Waals surface area contributed by atoms with Gasteiger partial charge in [-0.3, -0.25) is 0 Å². The van der Waals surface area contributed by atoms with Gasteiger partial charge in [0.1, 0.15) is 32.6 Å². The van der Waals surface area contributed by atoms with Gasteiger partial charge in [-0.05, 0) is 24.3 Å². The quantitative estimate of drug-likeness (QED) is 0.195. The number of aromatic nitrogens is 2. The van der Waals surface area contributed by atoms with Crippen LogP contribution in [0.4, 0.5) is 0 Å². The Kier molecular flexibility index (Phi) is 6.62. The Morgan fingerprint density at radius 3 is 1.33 bits per heavy atom. The van der Waals surface area contributed by atoms with Crippen LogP contribution in [0.25, 0.3) is 45.1 Å². The van der Waals surface area contributed by atoms with Crippen molar-refractivity contribution in [1.29, 1.82) is 0 Å². The van der Waals surface area contributed by atoms with E-state index in [-0.39, 0.29) is 103 Å². The first-order valence-corrected chi connectivity index (χ1v) is 10.9. The van der Waals surface area contributed by atoms with Crippen LogP contribution in [0, 0.1) is 0 Å². The summed E-state index contributed by atoms with van der Waals surface area (Å²) >= 11 is 37.1. The summed E-state index contributed by atoms with van der Waals surface area (Å²) in [4.78, 5) is 8.65. The average Bonchev–Trinajstić information content (AvgIpc) is 3.37. The van der Waals surface area contributed by atoms with Gasteiger partial charge in [0.2, 0.25) is 11.8 Å². The molecule has 0 aliphatic heterocycles. The Bertz CT molecular complexity index is 1410. The first-order valence-electron chi connectivity index (χ1n) is 8.60. The fraction of sp³-hybridized carbons (Fsp3) is 0. The molecule has 6 nitrogen and oxygen atoms in total. The van der Waals surface area contributed by atoms with Gasteiger partial charge in [-0.1, -0.05) is 69.6 Å². The number of fused-ring (bicyclic) bond motifs is 2. The molecule has 0 fully saturated rings. The minimum Gasteiger partial charge on any atom is -0.506 e. The minimum absolute atomic E-state index is 0. The number of halogens is 6. The SMILES string of the molecule is Oc1c(Cl)cc(Cl)cc1-c1nc2c(Cl)c3oc(-c4cc(Cl)cc(Cl)c4O)nc3c(Cl)c2o1.[Ni]. The average molecular weight is 610 g/mol. The fourth-order valence-electron chi connectivity index (χ4n) is 3.14. The molecule has 5 rings (SSSR count). The smallest absolute Gasteiger partial charge is 0.231 e. The molecule has 0 saturated carbocycles. The Morgan fingerprint density at radius 2 is 0.970 bits per heavy atom. The molecular formula is C20H6Cl6N2NiO4. The van der Waals surface area contributed by atoms with E-state index in [1.807, 2.05) is 0 Å². The summed E-state index contributed by atoms with van der Waals surface area (Å²) in [6.07, 6.45) is 0. The van der Waals surface area contributed by atoms with E-state index in [4.69, 9.17) is 78.4 Å². The molecule has 0 aliphatic rings. The van der Waals surface area contributed by atoms with Gasteiger partial charge in [-0.15, -0.1) is 0 Å². The maximum atomic E-state index is 10.3. The van der Waals surface area contributed by atoms with Crippen molar-refractivity contribution in [2.24, 2.45) is 0 Å². The predicted molar refractivity (Wildman–Crippen MR) is 126 cm³/mol. The number of rotatable bonds is 2. The van der Waals surface area contributed by atoms with Crippen LogP contribution in [0.15, 0.2) is 33.1 Å². The molecule has 172 valence electrons. The monoisotopic (exact) mass is 606 g/mol. The number of benzene rings is 3. The third kappa shape index (κ3) is 4.00. The number of hydrogen-bond donors (Lipinski definition) is 2. The van der Waals surface area contributed by atoms with Gasteiger partial charge in [0.25, 0.3) is 0 Å². The van der Waals surface area contributed by atoms with Gasteiger partial charge >= 0.3 is 0 Å². The van der Waals surface area contributed by atoms with Crippen molar-refractivity contribution in [3.05, 3.63) is 54.4 Å². The van der Waals surface area contributed by atoms with Crippen LogP contribution in [0.3, 0.4) is 0 Å². The maximum absolute atomic E-state index is 10.3. The summed E-state index contributed by atoms with van der Waals surface area (Å²) in [6, 6.07) is 5.62. The van der Waals surface area contributed by atoms with E-state index in [1.165, 1.54) is 24.3 Å². The summed E-state index contributed by atoms with van der Waals surface area (Å²) in [5.41, 5.74) is 0.811. The number of aromatic hydroxyl groups is 2. The van der Waals surface area contributed by atoms with E-state index in [9.17, 15) is 10.2 Å². The molecule has 5 aromatic rings. The molecule has 0 radical (unpaired) electrons. The molecule has 0 saturated heterocycles. The van der Waals surface area contributed by atoms with Gasteiger partial charge in [-0.25, -0.2) is 9.97 Å². The van der Waals surface area contributed by atoms with Crippen molar-refractivity contribution in [3.8, 4) is 34.4 Å². The Labute approximate surface area is 224 Å². The first kappa shape index (κ1) is 24.6. The third-order valence-electron chi connectivity index (χ3n) is 4.59. The van der Waals surface area contributed by atoms with Crippen molar-refractivity contribution < 1.29 is 35.5 Å². The largest absolute Gasteiger partial charge is 0.506 e. The van der Waals surface area contributed by atoms with Crippen molar-refractivity contribution in [2.45, 2.75) is 0 Å². The summed E-state index contributed by atoms with van der Waals surface area (Å²) < 4.78 is 11.5. The standard InChI is InChI=1S/C20H6Cl6N2O4.Ni/c21-5-1-7(15(29)9(23)3-5)19-27-13-11(25)18-14(12(26)17(13)31-19)28-20(32-18)8-2-6(22)4-10(24)16(8)30;/h1-4,29-30H;. The number of hydrogen-bond acceptors (Lipinski definition) is 6. The summed E-state index contributed by atoms with van der Waals surface area (Å²) in [6.45, 7) is 0. The number of oxazole rings is 2. The molecule has 3 aromatic carbocycles. The summed E-state index contributed by atoms with van der Waals surface area (Å²) in [5, 5.41) is 21.2. The number of phenolic OH excluding ortho intramolecular Hbond substituents is 2. The van der Waals surface area contributed by atoms with Crippen LogP contribution >= 0.6 is 69.6 Å². The van der Waals surface area contributed by atoms with Crippen molar-refractivity contribution in [1.82, 2.24) is 9.97 Å². The molecular weight excluding hydrogens is 604 g/mol. The summed E-state index contributed by atoms with van der Waals surface area (Å²) in [7, 11) is 0. The Balaban J connectivity index is 0.00000259. The topological polar surface area (TPSA) is 92.5 Å². The van der Waals surface area contributed by atoms with E-state index >= 15 is 0 Å². The van der Waals surface area contributed by atoms with Crippen LogP contribution in [-0.2, 0) is 16.5 Å². The van der Waals surface area contributed by atoms with Gasteiger partial charge in [0.05, 0.1) is 21.2 Å². The van der Waals surface area contributed by atoms with E-state index in [0.29, 0.717) is 0 Å². The maximum Gasteiger partial charge on any atom is 0.231 e. The van der Waals surface area contributed by atoms with Crippen molar-refractivity contribution in [2.75, 3.05) is 0 Å². The van der Waals surface area contributed by atoms with Crippen LogP contribution in [-0.4, -0.2) is 20.2 Å². The van der Waals surface area contributed by atoms with E-state index in [2.05, 4.69) is 9.97 Å². The second-order valence-electron chi connectivity index (χ2n) is 6.59. The van der Waals surface area contributed by atoms with E-state index < -0.39 is 0 Å². The molecule has 13 heteroatoms. The van der Waals surface area contributed by atoms with E-state index in [0.717, 1.165) is 0 Å². The van der Waals surface area contributed by atoms with Crippen LogP contribution in [0.1, 0.15) is 0 Å². The van der Waals surface area contributed by atoms with Gasteiger partial charge in [-0.2, -0.15) is 0 Å². The third-order valence-corrected chi connectivity index (χ3v) is 6.30. The number of phenols is 2. The van der Waals surface area contributed by atoms with Crippen LogP contribution in [0.5, 0.6) is 11.5 Å². The zero-order chi connectivity index (χ0) is 22.9. The zero-order valence-electron chi connectivity index (χ0n) is 15.5. The zero-order valence-corrected chi connectivity index (χ0v) is 21.0. The van der Waals surface area contributed by atoms with E-state index in [1.54, 1.807) is 0 Å². The van der Waals surface area contributed by atoms with Gasteiger partial charge in [0.15, 0.2) is 11.2 Å². The molecule has 33 heavy (non-hydrogen) atoms. The molecule has 0 bridgehead atoms. The second-order valence-corrected chi connectivity index (χ2v) is 9.03. The van der Waals surface area contributed by atoms with Crippen molar-refractivity contribution in [3.63, 3.8) is 0 Å². The fourth-order valence-corrected chi connectivity index (χ4v) is 4.64. The van der Waals surface area contributed by atoms with Crippen LogP contribution in [0.2, 0.25) is 30.1 Å². The molecule has 0 aliphatic carbocycles. The van der Waals surface area contributed by atoms with Crippen molar-refractivity contribution >= 4 is 91.8 Å². The minimum atomic E-state index is -0.271. The number of nitrogens with zero attached hydrogens (tertiary/aromatic N) is 2.